The molecule has 1 heterocycles. The van der Waals surface area contributed by atoms with E-state index in [-0.39, 0.29) is 0 Å². The van der Waals surface area contributed by atoms with Gasteiger partial charge in [0.05, 0.1) is 16.8 Å². The molecular formula is C13H17N3S. The smallest absolute Gasteiger partial charge is 0.140 e. The van der Waals surface area contributed by atoms with Crippen molar-refractivity contribution < 1.29 is 0 Å². The number of anilines is 1. The predicted octanol–water partition coefficient (Wildman–Crippen LogP) is 3.27. The maximum Gasteiger partial charge on any atom is 0.140 e. The van der Waals surface area contributed by atoms with Crippen molar-refractivity contribution in [3.8, 4) is 5.69 Å². The van der Waals surface area contributed by atoms with Crippen LogP contribution in [0.3, 0.4) is 0 Å². The average molecular weight is 247 g/mol. The normalized spacial score (nSPS) is 10.7. The molecule has 0 saturated carbocycles. The Bertz CT molecular complexity index is 488. The Balaban J connectivity index is 2.27. The van der Waals surface area contributed by atoms with Gasteiger partial charge in [0.1, 0.15) is 5.82 Å². The van der Waals surface area contributed by atoms with E-state index >= 15 is 0 Å². The van der Waals surface area contributed by atoms with Crippen LogP contribution in [0.5, 0.6) is 0 Å². The van der Waals surface area contributed by atoms with Gasteiger partial charge in [-0.25, -0.2) is 4.68 Å². The fourth-order valence-electron chi connectivity index (χ4n) is 1.56. The van der Waals surface area contributed by atoms with Crippen molar-refractivity contribution in [2.75, 3.05) is 11.5 Å². The number of aryl methyl sites for hydroxylation is 1. The molecule has 0 saturated heterocycles. The Labute approximate surface area is 106 Å². The van der Waals surface area contributed by atoms with Crippen LogP contribution < -0.4 is 5.73 Å². The summed E-state index contributed by atoms with van der Waals surface area (Å²) in [6.07, 6.45) is 2.98. The van der Waals surface area contributed by atoms with E-state index < -0.39 is 0 Å². The number of nitrogen functional groups attached to an aromatic ring is 1. The molecule has 0 unspecified atom stereocenters. The van der Waals surface area contributed by atoms with Crippen molar-refractivity contribution >= 4 is 17.6 Å². The Morgan fingerprint density at radius 3 is 2.65 bits per heavy atom. The van der Waals surface area contributed by atoms with Crippen LogP contribution >= 0.6 is 11.8 Å². The van der Waals surface area contributed by atoms with Gasteiger partial charge in [0, 0.05) is 0 Å². The number of nitrogens with two attached hydrogens (primary N) is 1. The van der Waals surface area contributed by atoms with Crippen LogP contribution in [0.4, 0.5) is 5.82 Å². The molecule has 0 aliphatic heterocycles. The van der Waals surface area contributed by atoms with Gasteiger partial charge in [0.15, 0.2) is 0 Å². The van der Waals surface area contributed by atoms with Gasteiger partial charge in [-0.05, 0) is 31.2 Å². The molecule has 2 N–H and O–H groups in total. The minimum absolute atomic E-state index is 0.729. The highest BCUT2D eigenvalue weighted by molar-refractivity contribution is 7.99. The van der Waals surface area contributed by atoms with E-state index in [4.69, 9.17) is 5.73 Å². The zero-order chi connectivity index (χ0) is 12.3. The molecule has 0 aliphatic carbocycles. The SMILES string of the molecule is CCCSc1cnn(-c2ccc(C)cc2)c1N. The standard InChI is InChI=1S/C13H17N3S/c1-3-8-17-12-9-15-16(13(12)14)11-6-4-10(2)5-7-11/h4-7,9H,3,8,14H2,1-2H3. The second-order valence-corrected chi connectivity index (χ2v) is 5.13. The lowest BCUT2D eigenvalue weighted by Gasteiger charge is -2.05. The third-order valence-corrected chi connectivity index (χ3v) is 3.75. The lowest BCUT2D eigenvalue weighted by Crippen LogP contribution is -2.02. The minimum atomic E-state index is 0.729. The van der Waals surface area contributed by atoms with Crippen LogP contribution in [0.15, 0.2) is 35.4 Å². The Morgan fingerprint density at radius 1 is 1.29 bits per heavy atom. The molecule has 0 radical (unpaired) electrons. The van der Waals surface area contributed by atoms with Crippen LogP contribution in [-0.4, -0.2) is 15.5 Å². The van der Waals surface area contributed by atoms with E-state index in [1.807, 2.05) is 18.3 Å². The zero-order valence-corrected chi connectivity index (χ0v) is 11.0. The largest absolute Gasteiger partial charge is 0.383 e. The molecule has 2 aromatic rings. The van der Waals surface area contributed by atoms with Crippen molar-refractivity contribution in [2.45, 2.75) is 25.2 Å². The first-order chi connectivity index (χ1) is 8.22. The van der Waals surface area contributed by atoms with Gasteiger partial charge in [0.25, 0.3) is 0 Å². The molecule has 0 aliphatic rings. The second-order valence-electron chi connectivity index (χ2n) is 3.99. The third kappa shape index (κ3) is 2.64. The lowest BCUT2D eigenvalue weighted by atomic mass is 10.2. The van der Waals surface area contributed by atoms with E-state index in [0.29, 0.717) is 0 Å². The predicted molar refractivity (Wildman–Crippen MR) is 73.7 cm³/mol. The van der Waals surface area contributed by atoms with Crippen molar-refractivity contribution in [2.24, 2.45) is 0 Å². The summed E-state index contributed by atoms with van der Waals surface area (Å²) in [6.45, 7) is 4.23. The topological polar surface area (TPSA) is 43.8 Å². The van der Waals surface area contributed by atoms with Crippen molar-refractivity contribution in [3.05, 3.63) is 36.0 Å². The molecule has 2 rings (SSSR count). The van der Waals surface area contributed by atoms with Crippen LogP contribution in [0.1, 0.15) is 18.9 Å². The number of thioether (sulfide) groups is 1. The lowest BCUT2D eigenvalue weighted by molar-refractivity contribution is 0.890. The summed E-state index contributed by atoms with van der Waals surface area (Å²) in [5.41, 5.74) is 8.34. The summed E-state index contributed by atoms with van der Waals surface area (Å²) < 4.78 is 1.79. The third-order valence-electron chi connectivity index (χ3n) is 2.51. The molecule has 0 fully saturated rings. The number of rotatable bonds is 4. The highest BCUT2D eigenvalue weighted by atomic mass is 32.2. The highest BCUT2D eigenvalue weighted by Crippen LogP contribution is 2.27. The van der Waals surface area contributed by atoms with Crippen LogP contribution in [0.25, 0.3) is 5.69 Å². The van der Waals surface area contributed by atoms with Crippen LogP contribution in [0.2, 0.25) is 0 Å². The van der Waals surface area contributed by atoms with Crippen molar-refractivity contribution in [1.29, 1.82) is 0 Å². The molecule has 0 amide bonds. The van der Waals surface area contributed by atoms with Gasteiger partial charge >= 0.3 is 0 Å². The maximum atomic E-state index is 6.09. The van der Waals surface area contributed by atoms with Gasteiger partial charge in [-0.1, -0.05) is 24.6 Å². The summed E-state index contributed by atoms with van der Waals surface area (Å²) in [5, 5.41) is 4.34. The highest BCUT2D eigenvalue weighted by Gasteiger charge is 2.08. The van der Waals surface area contributed by atoms with E-state index in [1.165, 1.54) is 5.56 Å². The fourth-order valence-corrected chi connectivity index (χ4v) is 2.34. The summed E-state index contributed by atoms with van der Waals surface area (Å²) in [5.74, 6) is 1.80. The molecule has 1 aromatic heterocycles. The number of benzene rings is 1. The fraction of sp³-hybridized carbons (Fsp3) is 0.308. The molecule has 0 atom stereocenters. The first-order valence-electron chi connectivity index (χ1n) is 5.75. The number of aromatic nitrogens is 2. The molecule has 0 spiro atoms. The monoisotopic (exact) mass is 247 g/mol. The van der Waals surface area contributed by atoms with E-state index in [9.17, 15) is 0 Å². The molecule has 3 nitrogen and oxygen atoms in total. The Morgan fingerprint density at radius 2 is 2.00 bits per heavy atom. The van der Waals surface area contributed by atoms with E-state index in [2.05, 4.69) is 31.1 Å². The molecule has 90 valence electrons. The first-order valence-corrected chi connectivity index (χ1v) is 6.74. The summed E-state index contributed by atoms with van der Waals surface area (Å²) >= 11 is 1.76. The van der Waals surface area contributed by atoms with Crippen LogP contribution in [0, 0.1) is 6.92 Å². The van der Waals surface area contributed by atoms with Gasteiger partial charge in [-0.3, -0.25) is 0 Å². The number of hydrogen-bond acceptors (Lipinski definition) is 3. The van der Waals surface area contributed by atoms with Gasteiger partial charge in [-0.15, -0.1) is 11.8 Å². The summed E-state index contributed by atoms with van der Waals surface area (Å²) in [7, 11) is 0. The minimum Gasteiger partial charge on any atom is -0.383 e. The number of nitrogens with zero attached hydrogens (tertiary/aromatic N) is 2. The van der Waals surface area contributed by atoms with Gasteiger partial charge < -0.3 is 5.73 Å². The summed E-state index contributed by atoms with van der Waals surface area (Å²) in [4.78, 5) is 1.06. The first kappa shape index (κ1) is 12.0. The van der Waals surface area contributed by atoms with Gasteiger partial charge in [0.2, 0.25) is 0 Å². The summed E-state index contributed by atoms with van der Waals surface area (Å²) in [6, 6.07) is 8.20. The maximum absolute atomic E-state index is 6.09. The van der Waals surface area contributed by atoms with Crippen molar-refractivity contribution in [1.82, 2.24) is 9.78 Å². The Hall–Kier alpha value is -1.42. The zero-order valence-electron chi connectivity index (χ0n) is 10.2. The number of hydrogen-bond donors (Lipinski definition) is 1. The quantitative estimate of drug-likeness (QED) is 0.843. The molecule has 17 heavy (non-hydrogen) atoms. The molecule has 0 bridgehead atoms. The molecule has 4 heteroatoms. The van der Waals surface area contributed by atoms with E-state index in [1.54, 1.807) is 16.4 Å². The second kappa shape index (κ2) is 5.27. The molecule has 1 aromatic carbocycles. The van der Waals surface area contributed by atoms with Crippen molar-refractivity contribution in [3.63, 3.8) is 0 Å². The Kier molecular flexibility index (Phi) is 3.74. The molecular weight excluding hydrogens is 230 g/mol. The van der Waals surface area contributed by atoms with Gasteiger partial charge in [-0.2, -0.15) is 5.10 Å². The van der Waals surface area contributed by atoms with E-state index in [0.717, 1.165) is 28.6 Å². The average Bonchev–Trinajstić information content (AvgIpc) is 2.69. The van der Waals surface area contributed by atoms with Crippen LogP contribution in [-0.2, 0) is 0 Å².